The highest BCUT2D eigenvalue weighted by atomic mass is 79.9. The van der Waals surface area contributed by atoms with Gasteiger partial charge in [0.05, 0.1) is 0 Å². The minimum atomic E-state index is 0.810. The lowest BCUT2D eigenvalue weighted by atomic mass is 9.96. The molecule has 19 heavy (non-hydrogen) atoms. The topological polar surface area (TPSA) is 52.0 Å². The third-order valence-corrected chi connectivity index (χ3v) is 4.34. The van der Waals surface area contributed by atoms with Gasteiger partial charge >= 0.3 is 0 Å². The van der Waals surface area contributed by atoms with E-state index in [1.165, 1.54) is 11.1 Å². The molecule has 100 valence electrons. The van der Waals surface area contributed by atoms with Crippen LogP contribution in [0.1, 0.15) is 22.3 Å². The second-order valence-electron chi connectivity index (χ2n) is 4.74. The summed E-state index contributed by atoms with van der Waals surface area (Å²) in [6.07, 6.45) is 0.824. The molecule has 4 N–H and O–H groups in total. The summed E-state index contributed by atoms with van der Waals surface area (Å²) in [5.41, 5.74) is 18.3. The molecule has 0 radical (unpaired) electrons. The second kappa shape index (κ2) is 5.55. The molecule has 0 aliphatic carbocycles. The molecule has 0 atom stereocenters. The third kappa shape index (κ3) is 3.12. The number of hydrogen-bond acceptors (Lipinski definition) is 2. The smallest absolute Gasteiger partial charge is 0.0357 e. The van der Waals surface area contributed by atoms with Crippen molar-refractivity contribution in [2.45, 2.75) is 20.3 Å². The van der Waals surface area contributed by atoms with E-state index in [1.807, 2.05) is 26.0 Å². The van der Waals surface area contributed by atoms with Gasteiger partial charge in [-0.2, -0.15) is 0 Å². The molecular weight excluding hydrogens is 368 g/mol. The average molecular weight is 384 g/mol. The van der Waals surface area contributed by atoms with Crippen LogP contribution in [0.4, 0.5) is 11.4 Å². The number of hydrogen-bond donors (Lipinski definition) is 2. The van der Waals surface area contributed by atoms with Crippen molar-refractivity contribution in [2.24, 2.45) is 0 Å². The van der Waals surface area contributed by atoms with Crippen molar-refractivity contribution >= 4 is 43.2 Å². The highest BCUT2D eigenvalue weighted by molar-refractivity contribution is 9.10. The lowest BCUT2D eigenvalue weighted by molar-refractivity contribution is 1.13. The summed E-state index contributed by atoms with van der Waals surface area (Å²) in [4.78, 5) is 0. The number of nitrogens with two attached hydrogens (primary N) is 2. The lowest BCUT2D eigenvalue weighted by Crippen LogP contribution is -2.01. The largest absolute Gasteiger partial charge is 0.398 e. The van der Waals surface area contributed by atoms with Crippen molar-refractivity contribution in [3.05, 3.63) is 55.5 Å². The molecule has 0 aromatic heterocycles. The number of rotatable bonds is 2. The Bertz CT molecular complexity index is 581. The van der Waals surface area contributed by atoms with Crippen molar-refractivity contribution in [3.8, 4) is 0 Å². The van der Waals surface area contributed by atoms with Gasteiger partial charge in [-0.3, -0.25) is 0 Å². The number of anilines is 2. The Labute approximate surface area is 130 Å². The van der Waals surface area contributed by atoms with Crippen molar-refractivity contribution in [3.63, 3.8) is 0 Å². The lowest BCUT2D eigenvalue weighted by Gasteiger charge is -2.13. The van der Waals surface area contributed by atoms with Gasteiger partial charge in [0.2, 0.25) is 0 Å². The van der Waals surface area contributed by atoms with Crippen LogP contribution in [0.15, 0.2) is 33.2 Å². The number of halogens is 2. The van der Waals surface area contributed by atoms with E-state index in [9.17, 15) is 0 Å². The Hall–Kier alpha value is -1.00. The fraction of sp³-hybridized carbons (Fsp3) is 0.200. The molecule has 0 fully saturated rings. The van der Waals surface area contributed by atoms with E-state index in [-0.39, 0.29) is 0 Å². The minimum absolute atomic E-state index is 0.810. The Morgan fingerprint density at radius 1 is 0.789 bits per heavy atom. The highest BCUT2D eigenvalue weighted by Gasteiger charge is 2.09. The monoisotopic (exact) mass is 382 g/mol. The summed E-state index contributed by atoms with van der Waals surface area (Å²) in [6, 6.07) is 8.09. The molecular formula is C15H16Br2N2. The predicted octanol–water partition coefficient (Wildman–Crippen LogP) is 4.58. The van der Waals surface area contributed by atoms with Crippen molar-refractivity contribution < 1.29 is 0 Å². The molecule has 0 spiro atoms. The summed E-state index contributed by atoms with van der Waals surface area (Å²) in [5, 5.41) is 0. The zero-order valence-electron chi connectivity index (χ0n) is 10.9. The summed E-state index contributed by atoms with van der Waals surface area (Å²) < 4.78 is 2.01. The maximum Gasteiger partial charge on any atom is 0.0357 e. The SMILES string of the molecule is Cc1c(N)cc(Br)cc1Cc1cc(Br)cc(N)c1C. The molecule has 0 saturated carbocycles. The Morgan fingerprint density at radius 3 is 1.53 bits per heavy atom. The first-order valence-electron chi connectivity index (χ1n) is 5.97. The molecule has 0 aliphatic rings. The molecule has 0 unspecified atom stereocenters. The van der Waals surface area contributed by atoms with E-state index >= 15 is 0 Å². The zero-order chi connectivity index (χ0) is 14.2. The third-order valence-electron chi connectivity index (χ3n) is 3.42. The van der Waals surface area contributed by atoms with Crippen LogP contribution in [0, 0.1) is 13.8 Å². The first-order valence-corrected chi connectivity index (χ1v) is 7.56. The molecule has 0 bridgehead atoms. The summed E-state index contributed by atoms with van der Waals surface area (Å²) in [6.45, 7) is 4.10. The number of benzene rings is 2. The molecule has 0 saturated heterocycles. The van der Waals surface area contributed by atoms with E-state index in [0.717, 1.165) is 37.9 Å². The van der Waals surface area contributed by atoms with Gasteiger partial charge in [-0.05, 0) is 66.8 Å². The normalized spacial score (nSPS) is 10.7. The molecule has 2 nitrogen and oxygen atoms in total. The van der Waals surface area contributed by atoms with Crippen molar-refractivity contribution in [2.75, 3.05) is 11.5 Å². The van der Waals surface area contributed by atoms with E-state index in [4.69, 9.17) is 11.5 Å². The molecule has 0 heterocycles. The zero-order valence-corrected chi connectivity index (χ0v) is 14.1. The van der Waals surface area contributed by atoms with Crippen LogP contribution in [0.2, 0.25) is 0 Å². The maximum atomic E-state index is 6.01. The molecule has 2 aromatic carbocycles. The summed E-state index contributed by atoms with van der Waals surface area (Å²) >= 11 is 6.99. The van der Waals surface area contributed by atoms with Crippen LogP contribution in [0.25, 0.3) is 0 Å². The Balaban J connectivity index is 2.47. The van der Waals surface area contributed by atoms with E-state index in [2.05, 4.69) is 44.0 Å². The van der Waals surface area contributed by atoms with Crippen molar-refractivity contribution in [1.29, 1.82) is 0 Å². The number of nitrogen functional groups attached to an aromatic ring is 2. The quantitative estimate of drug-likeness (QED) is 0.745. The minimum Gasteiger partial charge on any atom is -0.398 e. The van der Waals surface area contributed by atoms with Gasteiger partial charge in [-0.25, -0.2) is 0 Å². The van der Waals surface area contributed by atoms with E-state index in [1.54, 1.807) is 0 Å². The van der Waals surface area contributed by atoms with Crippen LogP contribution >= 0.6 is 31.9 Å². The second-order valence-corrected chi connectivity index (χ2v) is 6.57. The van der Waals surface area contributed by atoms with Gasteiger partial charge in [0.1, 0.15) is 0 Å². The van der Waals surface area contributed by atoms with Gasteiger partial charge in [-0.1, -0.05) is 31.9 Å². The van der Waals surface area contributed by atoms with Crippen LogP contribution in [-0.2, 0) is 6.42 Å². The molecule has 0 aliphatic heterocycles. The van der Waals surface area contributed by atoms with Crippen LogP contribution in [0.5, 0.6) is 0 Å². The molecule has 0 amide bonds. The average Bonchev–Trinajstić information content (AvgIpc) is 2.31. The van der Waals surface area contributed by atoms with Crippen LogP contribution < -0.4 is 11.5 Å². The van der Waals surface area contributed by atoms with Gasteiger partial charge in [0, 0.05) is 20.3 Å². The van der Waals surface area contributed by atoms with Gasteiger partial charge in [0.25, 0.3) is 0 Å². The van der Waals surface area contributed by atoms with E-state index < -0.39 is 0 Å². The highest BCUT2D eigenvalue weighted by Crippen LogP contribution is 2.29. The Morgan fingerprint density at radius 2 is 1.16 bits per heavy atom. The van der Waals surface area contributed by atoms with E-state index in [0.29, 0.717) is 0 Å². The summed E-state index contributed by atoms with van der Waals surface area (Å²) in [7, 11) is 0. The molecule has 2 aromatic rings. The van der Waals surface area contributed by atoms with Gasteiger partial charge < -0.3 is 11.5 Å². The maximum absolute atomic E-state index is 6.01. The standard InChI is InChI=1S/C15H16Br2N2/c1-8-10(4-12(16)6-14(8)18)3-11-5-13(17)7-15(19)9(11)2/h4-7H,3,18-19H2,1-2H3. The van der Waals surface area contributed by atoms with Gasteiger partial charge in [-0.15, -0.1) is 0 Å². The molecule has 4 heteroatoms. The Kier molecular flexibility index (Phi) is 4.21. The predicted molar refractivity (Wildman–Crippen MR) is 89.4 cm³/mol. The van der Waals surface area contributed by atoms with Gasteiger partial charge in [0.15, 0.2) is 0 Å². The van der Waals surface area contributed by atoms with Crippen LogP contribution in [0.3, 0.4) is 0 Å². The summed E-state index contributed by atoms with van der Waals surface area (Å²) in [5.74, 6) is 0. The fourth-order valence-electron chi connectivity index (χ4n) is 2.09. The fourth-order valence-corrected chi connectivity index (χ4v) is 3.14. The van der Waals surface area contributed by atoms with Crippen molar-refractivity contribution in [1.82, 2.24) is 0 Å². The molecule has 2 rings (SSSR count). The van der Waals surface area contributed by atoms with Crippen LogP contribution in [-0.4, -0.2) is 0 Å². The first kappa shape index (κ1) is 14.4. The first-order chi connectivity index (χ1) is 8.88.